The number of anilines is 3. The number of hydrogen-bond donors (Lipinski definition) is 0. The normalized spacial score (nSPS) is 11.5. The molecule has 0 aliphatic carbocycles. The van der Waals surface area contributed by atoms with Gasteiger partial charge in [0, 0.05) is 59.3 Å². The predicted octanol–water partition coefficient (Wildman–Crippen LogP) is 15.6. The number of thiophene rings is 1. The Balaban J connectivity index is 1.15. The zero-order valence-electron chi connectivity index (χ0n) is 31.1. The van der Waals surface area contributed by atoms with Crippen LogP contribution in [0.4, 0.5) is 17.1 Å². The molecule has 268 valence electrons. The molecule has 11 aromatic rings. The Morgan fingerprint density at radius 1 is 0.333 bits per heavy atom. The first kappa shape index (κ1) is 33.2. The molecule has 3 heteroatoms. The van der Waals surface area contributed by atoms with Crippen molar-refractivity contribution in [3.63, 3.8) is 0 Å². The summed E-state index contributed by atoms with van der Waals surface area (Å²) in [4.78, 5) is 2.42. The summed E-state index contributed by atoms with van der Waals surface area (Å²) in [7, 11) is 0. The van der Waals surface area contributed by atoms with E-state index in [4.69, 9.17) is 0 Å². The highest BCUT2D eigenvalue weighted by Crippen LogP contribution is 2.47. The maximum atomic E-state index is 2.42. The molecule has 0 spiro atoms. The molecule has 2 nitrogen and oxygen atoms in total. The molecule has 9 aromatic carbocycles. The van der Waals surface area contributed by atoms with Crippen LogP contribution in [0.25, 0.3) is 81.0 Å². The first-order valence-corrected chi connectivity index (χ1v) is 20.2. The highest BCUT2D eigenvalue weighted by molar-refractivity contribution is 7.26. The SMILES string of the molecule is c1ccc(-c2ccc(N(c3ccc(-c4ccccc4)cc3)c3cc(-c4ccc5c6ccccc6n(-c6ccccc6)c5c4)c4sc5ccccc5c4c3)cc2)cc1. The second-order valence-corrected chi connectivity index (χ2v) is 15.6. The van der Waals surface area contributed by atoms with Crippen molar-refractivity contribution < 1.29 is 0 Å². The van der Waals surface area contributed by atoms with Crippen LogP contribution in [0.1, 0.15) is 0 Å². The molecule has 2 heterocycles. The Hall–Kier alpha value is -7.20. The number of hydrogen-bond acceptors (Lipinski definition) is 2. The van der Waals surface area contributed by atoms with Gasteiger partial charge in [-0.2, -0.15) is 0 Å². The van der Waals surface area contributed by atoms with Crippen molar-refractivity contribution in [3.05, 3.63) is 218 Å². The highest BCUT2D eigenvalue weighted by Gasteiger charge is 2.20. The van der Waals surface area contributed by atoms with Gasteiger partial charge >= 0.3 is 0 Å². The Bertz CT molecular complexity index is 3120. The second kappa shape index (κ2) is 13.8. The van der Waals surface area contributed by atoms with E-state index in [-0.39, 0.29) is 0 Å². The van der Waals surface area contributed by atoms with Gasteiger partial charge in [-0.15, -0.1) is 11.3 Å². The average molecular weight is 745 g/mol. The van der Waals surface area contributed by atoms with Gasteiger partial charge in [0.2, 0.25) is 0 Å². The summed E-state index contributed by atoms with van der Waals surface area (Å²) in [6.45, 7) is 0. The summed E-state index contributed by atoms with van der Waals surface area (Å²) >= 11 is 1.88. The van der Waals surface area contributed by atoms with E-state index in [1.807, 2.05) is 11.3 Å². The van der Waals surface area contributed by atoms with E-state index < -0.39 is 0 Å². The van der Waals surface area contributed by atoms with Crippen LogP contribution in [0, 0.1) is 0 Å². The maximum absolute atomic E-state index is 2.42. The molecular weight excluding hydrogens is 709 g/mol. The summed E-state index contributed by atoms with van der Waals surface area (Å²) in [5.74, 6) is 0. The Labute approximate surface area is 335 Å². The van der Waals surface area contributed by atoms with Gasteiger partial charge in [-0.05, 0) is 94.5 Å². The molecule has 0 amide bonds. The van der Waals surface area contributed by atoms with Crippen molar-refractivity contribution in [2.24, 2.45) is 0 Å². The van der Waals surface area contributed by atoms with E-state index in [9.17, 15) is 0 Å². The van der Waals surface area contributed by atoms with Crippen molar-refractivity contribution >= 4 is 70.4 Å². The molecule has 0 bridgehead atoms. The number of para-hydroxylation sites is 2. The largest absolute Gasteiger partial charge is 0.310 e. The van der Waals surface area contributed by atoms with Crippen LogP contribution in [0.15, 0.2) is 218 Å². The lowest BCUT2D eigenvalue weighted by Crippen LogP contribution is -2.10. The van der Waals surface area contributed by atoms with Gasteiger partial charge in [0.25, 0.3) is 0 Å². The third-order valence-electron chi connectivity index (χ3n) is 11.2. The molecule has 0 radical (unpaired) electrons. The van der Waals surface area contributed by atoms with E-state index in [1.54, 1.807) is 0 Å². The number of rotatable bonds is 7. The van der Waals surface area contributed by atoms with Crippen LogP contribution in [-0.4, -0.2) is 4.57 Å². The average Bonchev–Trinajstić information content (AvgIpc) is 3.83. The summed E-state index contributed by atoms with van der Waals surface area (Å²) in [5.41, 5.74) is 14.1. The van der Waals surface area contributed by atoms with Gasteiger partial charge in [-0.3, -0.25) is 0 Å². The third kappa shape index (κ3) is 5.80. The topological polar surface area (TPSA) is 8.17 Å². The first-order valence-electron chi connectivity index (χ1n) is 19.4. The molecule has 0 N–H and O–H groups in total. The van der Waals surface area contributed by atoms with Crippen molar-refractivity contribution in [1.82, 2.24) is 4.57 Å². The minimum absolute atomic E-state index is 1.10. The van der Waals surface area contributed by atoms with Crippen LogP contribution in [0.5, 0.6) is 0 Å². The zero-order chi connectivity index (χ0) is 37.7. The van der Waals surface area contributed by atoms with Crippen molar-refractivity contribution in [3.8, 4) is 39.1 Å². The molecule has 11 rings (SSSR count). The lowest BCUT2D eigenvalue weighted by Gasteiger charge is -2.27. The van der Waals surface area contributed by atoms with Gasteiger partial charge < -0.3 is 9.47 Å². The van der Waals surface area contributed by atoms with Gasteiger partial charge in [-0.25, -0.2) is 0 Å². The van der Waals surface area contributed by atoms with Gasteiger partial charge in [0.15, 0.2) is 0 Å². The lowest BCUT2D eigenvalue weighted by atomic mass is 9.99. The van der Waals surface area contributed by atoms with E-state index in [2.05, 4.69) is 228 Å². The van der Waals surface area contributed by atoms with Crippen LogP contribution in [0.2, 0.25) is 0 Å². The summed E-state index contributed by atoms with van der Waals surface area (Å²) < 4.78 is 4.99. The number of aromatic nitrogens is 1. The standard InChI is InChI=1S/C54H36N2S/c1-4-14-37(15-5-1)39-24-29-43(30-25-39)55(44-31-26-40(27-32-44)38-16-6-2-7-17-38)45-35-49(54-50(36-45)48-21-11-13-23-53(48)57-54)41-28-33-47-46-20-10-12-22-51(46)56(52(47)34-41)42-18-8-3-9-19-42/h1-36H. The van der Waals surface area contributed by atoms with Gasteiger partial charge in [-0.1, -0.05) is 152 Å². The van der Waals surface area contributed by atoms with Crippen molar-refractivity contribution in [1.29, 1.82) is 0 Å². The fourth-order valence-corrected chi connectivity index (χ4v) is 9.68. The van der Waals surface area contributed by atoms with E-state index in [0.717, 1.165) is 22.7 Å². The van der Waals surface area contributed by atoms with E-state index in [1.165, 1.54) is 75.4 Å². The quantitative estimate of drug-likeness (QED) is 0.158. The minimum atomic E-state index is 1.10. The summed E-state index contributed by atoms with van der Waals surface area (Å²) in [6, 6.07) is 79.4. The zero-order valence-corrected chi connectivity index (χ0v) is 31.9. The summed E-state index contributed by atoms with van der Waals surface area (Å²) in [5, 5.41) is 5.05. The van der Waals surface area contributed by atoms with Crippen LogP contribution in [0.3, 0.4) is 0 Å². The molecule has 0 aliphatic heterocycles. The second-order valence-electron chi connectivity index (χ2n) is 14.5. The monoisotopic (exact) mass is 744 g/mol. The van der Waals surface area contributed by atoms with E-state index >= 15 is 0 Å². The molecule has 0 saturated carbocycles. The van der Waals surface area contributed by atoms with Crippen molar-refractivity contribution in [2.75, 3.05) is 4.90 Å². The smallest absolute Gasteiger partial charge is 0.0547 e. The van der Waals surface area contributed by atoms with Crippen molar-refractivity contribution in [2.45, 2.75) is 0 Å². The Morgan fingerprint density at radius 2 is 0.842 bits per heavy atom. The number of fused-ring (bicyclic) bond motifs is 6. The molecule has 0 atom stereocenters. The van der Waals surface area contributed by atoms with Crippen LogP contribution >= 0.6 is 11.3 Å². The molecular formula is C54H36N2S. The molecule has 0 unspecified atom stereocenters. The van der Waals surface area contributed by atoms with Crippen LogP contribution < -0.4 is 4.90 Å². The fraction of sp³-hybridized carbons (Fsp3) is 0. The highest BCUT2D eigenvalue weighted by atomic mass is 32.1. The van der Waals surface area contributed by atoms with Crippen LogP contribution in [-0.2, 0) is 0 Å². The Morgan fingerprint density at radius 3 is 1.49 bits per heavy atom. The minimum Gasteiger partial charge on any atom is -0.310 e. The number of benzene rings is 9. The molecule has 2 aromatic heterocycles. The lowest BCUT2D eigenvalue weighted by molar-refractivity contribution is 1.18. The number of nitrogens with zero attached hydrogens (tertiary/aromatic N) is 2. The van der Waals surface area contributed by atoms with Gasteiger partial charge in [0.1, 0.15) is 0 Å². The molecule has 57 heavy (non-hydrogen) atoms. The summed E-state index contributed by atoms with van der Waals surface area (Å²) in [6.07, 6.45) is 0. The first-order chi connectivity index (χ1) is 28.3. The van der Waals surface area contributed by atoms with Gasteiger partial charge in [0.05, 0.1) is 11.0 Å². The third-order valence-corrected chi connectivity index (χ3v) is 12.4. The molecule has 0 saturated heterocycles. The van der Waals surface area contributed by atoms with E-state index in [0.29, 0.717) is 0 Å². The predicted molar refractivity (Wildman–Crippen MR) is 245 cm³/mol. The maximum Gasteiger partial charge on any atom is 0.0547 e. The molecule has 0 aliphatic rings. The Kier molecular flexibility index (Phi) is 8.04. The molecule has 0 fully saturated rings. The fourth-order valence-electron chi connectivity index (χ4n) is 8.46.